The van der Waals surface area contributed by atoms with Crippen LogP contribution in [0, 0.1) is 25.2 Å². The smallest absolute Gasteiger partial charge is 0.184 e. The van der Waals surface area contributed by atoms with Gasteiger partial charge in [0.15, 0.2) is 17.4 Å². The highest BCUT2D eigenvalue weighted by molar-refractivity contribution is 5.87. The number of para-hydroxylation sites is 1. The third kappa shape index (κ3) is 1.99. The summed E-state index contributed by atoms with van der Waals surface area (Å²) in [6, 6.07) is 7.88. The van der Waals surface area contributed by atoms with Crippen LogP contribution < -0.4 is 4.74 Å². The number of nitriles is 1. The van der Waals surface area contributed by atoms with E-state index in [4.69, 9.17) is 14.4 Å². The minimum absolute atomic E-state index is 0.425. The molecule has 1 aromatic heterocycles. The third-order valence-electron chi connectivity index (χ3n) is 2.95. The fraction of sp³-hybridized carbons (Fsp3) is 0.357. The predicted molar refractivity (Wildman–Crippen MR) is 66.0 cm³/mol. The summed E-state index contributed by atoms with van der Waals surface area (Å²) in [5, 5.41) is 9.96. The quantitative estimate of drug-likeness (QED) is 0.805. The summed E-state index contributed by atoms with van der Waals surface area (Å²) < 4.78 is 11.3. The van der Waals surface area contributed by atoms with Crippen molar-refractivity contribution >= 4 is 11.0 Å². The van der Waals surface area contributed by atoms with E-state index in [2.05, 4.69) is 6.07 Å². The molecule has 3 heteroatoms. The zero-order valence-electron chi connectivity index (χ0n) is 10.3. The number of hydrogen-bond donors (Lipinski definition) is 0. The first-order valence-corrected chi connectivity index (χ1v) is 5.72. The van der Waals surface area contributed by atoms with Crippen LogP contribution in [0.5, 0.6) is 5.75 Å². The van der Waals surface area contributed by atoms with Crippen LogP contribution >= 0.6 is 0 Å². The molecule has 0 aliphatic heterocycles. The van der Waals surface area contributed by atoms with Gasteiger partial charge >= 0.3 is 0 Å². The molecule has 0 aliphatic rings. The second-order valence-electron chi connectivity index (χ2n) is 4.06. The van der Waals surface area contributed by atoms with Crippen LogP contribution in [0.15, 0.2) is 22.6 Å². The summed E-state index contributed by atoms with van der Waals surface area (Å²) in [6.45, 7) is 5.87. The van der Waals surface area contributed by atoms with Crippen LogP contribution in [0.4, 0.5) is 0 Å². The van der Waals surface area contributed by atoms with Crippen LogP contribution in [0.3, 0.4) is 0 Å². The zero-order valence-corrected chi connectivity index (χ0v) is 10.3. The van der Waals surface area contributed by atoms with Crippen molar-refractivity contribution in [2.75, 3.05) is 0 Å². The summed E-state index contributed by atoms with van der Waals surface area (Å²) >= 11 is 0. The molecule has 0 N–H and O–H groups in total. The van der Waals surface area contributed by atoms with Crippen molar-refractivity contribution < 1.29 is 9.15 Å². The Morgan fingerprint density at radius 1 is 1.41 bits per heavy atom. The molecule has 1 atom stereocenters. The minimum Gasteiger partial charge on any atom is -0.472 e. The van der Waals surface area contributed by atoms with Gasteiger partial charge in [-0.15, -0.1) is 0 Å². The number of fused-ring (bicyclic) bond motifs is 1. The molecule has 0 bridgehead atoms. The van der Waals surface area contributed by atoms with E-state index in [-0.39, 0.29) is 0 Å². The lowest BCUT2D eigenvalue weighted by atomic mass is 10.1. The fourth-order valence-electron chi connectivity index (χ4n) is 1.78. The number of hydrogen-bond acceptors (Lipinski definition) is 3. The van der Waals surface area contributed by atoms with E-state index in [1.807, 2.05) is 39.0 Å². The Balaban J connectivity index is 2.48. The Morgan fingerprint density at radius 2 is 2.18 bits per heavy atom. The van der Waals surface area contributed by atoms with Gasteiger partial charge in [0, 0.05) is 5.39 Å². The third-order valence-corrected chi connectivity index (χ3v) is 2.95. The molecule has 2 aromatic rings. The summed E-state index contributed by atoms with van der Waals surface area (Å²) in [5.74, 6) is 1.54. The Kier molecular flexibility index (Phi) is 3.06. The molecular weight excluding hydrogens is 214 g/mol. The van der Waals surface area contributed by atoms with E-state index in [0.717, 1.165) is 22.3 Å². The average Bonchev–Trinajstić information content (AvgIpc) is 2.64. The lowest BCUT2D eigenvalue weighted by molar-refractivity contribution is 0.251. The number of furan rings is 1. The molecular formula is C14H15NO2. The van der Waals surface area contributed by atoms with E-state index in [1.54, 1.807) is 0 Å². The molecule has 0 saturated heterocycles. The van der Waals surface area contributed by atoms with Crippen LogP contribution in [0.1, 0.15) is 24.7 Å². The molecule has 0 fully saturated rings. The van der Waals surface area contributed by atoms with Crippen LogP contribution in [-0.4, -0.2) is 6.10 Å². The van der Waals surface area contributed by atoms with Crippen molar-refractivity contribution in [2.24, 2.45) is 0 Å². The molecule has 3 nitrogen and oxygen atoms in total. The number of rotatable bonds is 3. The molecule has 1 heterocycles. The molecule has 1 aromatic carbocycles. The first-order valence-electron chi connectivity index (χ1n) is 5.72. The van der Waals surface area contributed by atoms with E-state index in [1.165, 1.54) is 0 Å². The monoisotopic (exact) mass is 229 g/mol. The largest absolute Gasteiger partial charge is 0.472 e. The van der Waals surface area contributed by atoms with Crippen molar-refractivity contribution in [1.82, 2.24) is 0 Å². The second kappa shape index (κ2) is 4.50. The summed E-state index contributed by atoms with van der Waals surface area (Å²) in [5.41, 5.74) is 1.85. The minimum atomic E-state index is -0.425. The van der Waals surface area contributed by atoms with Gasteiger partial charge in [-0.25, -0.2) is 0 Å². The maximum Gasteiger partial charge on any atom is 0.184 e. The van der Waals surface area contributed by atoms with Crippen LogP contribution in [0.25, 0.3) is 11.0 Å². The molecule has 1 unspecified atom stereocenters. The normalized spacial score (nSPS) is 12.4. The Bertz CT molecular complexity index is 578. The Morgan fingerprint density at radius 3 is 2.82 bits per heavy atom. The summed E-state index contributed by atoms with van der Waals surface area (Å²) in [6.07, 6.45) is 0.234. The van der Waals surface area contributed by atoms with Gasteiger partial charge in [0.1, 0.15) is 11.8 Å². The molecule has 0 spiro atoms. The number of ether oxygens (including phenoxy) is 1. The fourth-order valence-corrected chi connectivity index (χ4v) is 1.78. The Labute approximate surface area is 101 Å². The van der Waals surface area contributed by atoms with E-state index < -0.39 is 6.10 Å². The van der Waals surface area contributed by atoms with E-state index in [9.17, 15) is 0 Å². The molecule has 0 saturated carbocycles. The molecule has 0 aliphatic carbocycles. The first-order chi connectivity index (χ1) is 8.17. The predicted octanol–water partition coefficient (Wildman–Crippen LogP) is 3.73. The molecule has 0 radical (unpaired) electrons. The van der Waals surface area contributed by atoms with Gasteiger partial charge in [-0.2, -0.15) is 5.26 Å². The first kappa shape index (κ1) is 11.5. The maximum atomic E-state index is 8.91. The molecule has 2 rings (SSSR count). The second-order valence-corrected chi connectivity index (χ2v) is 4.06. The van der Waals surface area contributed by atoms with Crippen molar-refractivity contribution in [3.8, 4) is 11.8 Å². The molecule has 88 valence electrons. The molecule has 17 heavy (non-hydrogen) atoms. The maximum absolute atomic E-state index is 8.91. The lowest BCUT2D eigenvalue weighted by Crippen LogP contribution is -2.12. The van der Waals surface area contributed by atoms with Crippen molar-refractivity contribution in [2.45, 2.75) is 33.3 Å². The van der Waals surface area contributed by atoms with Crippen molar-refractivity contribution in [1.29, 1.82) is 5.26 Å². The standard InChI is InChI=1S/C14H15NO2/c1-4-11(8-15)17-13-7-5-6-12-9(2)10(3)16-14(12)13/h5-7,11H,4H2,1-3H3. The van der Waals surface area contributed by atoms with Gasteiger partial charge < -0.3 is 9.15 Å². The lowest BCUT2D eigenvalue weighted by Gasteiger charge is -2.10. The van der Waals surface area contributed by atoms with Crippen molar-refractivity contribution in [3.05, 3.63) is 29.5 Å². The SMILES string of the molecule is CCC(C#N)Oc1cccc2c(C)c(C)oc12. The highest BCUT2D eigenvalue weighted by Crippen LogP contribution is 2.32. The number of benzene rings is 1. The van der Waals surface area contributed by atoms with E-state index >= 15 is 0 Å². The highest BCUT2D eigenvalue weighted by atomic mass is 16.5. The number of nitrogens with zero attached hydrogens (tertiary/aromatic N) is 1. The summed E-state index contributed by atoms with van der Waals surface area (Å²) in [4.78, 5) is 0. The van der Waals surface area contributed by atoms with Crippen LogP contribution in [-0.2, 0) is 0 Å². The van der Waals surface area contributed by atoms with Gasteiger partial charge in [-0.3, -0.25) is 0 Å². The Hall–Kier alpha value is -1.95. The van der Waals surface area contributed by atoms with E-state index in [0.29, 0.717) is 12.2 Å². The van der Waals surface area contributed by atoms with Gasteiger partial charge in [0.2, 0.25) is 0 Å². The number of aryl methyl sites for hydroxylation is 2. The van der Waals surface area contributed by atoms with Gasteiger partial charge in [-0.05, 0) is 31.9 Å². The summed E-state index contributed by atoms with van der Waals surface area (Å²) in [7, 11) is 0. The topological polar surface area (TPSA) is 46.2 Å². The van der Waals surface area contributed by atoms with Crippen LogP contribution in [0.2, 0.25) is 0 Å². The average molecular weight is 229 g/mol. The van der Waals surface area contributed by atoms with Gasteiger partial charge in [0.25, 0.3) is 0 Å². The molecule has 0 amide bonds. The van der Waals surface area contributed by atoms with Gasteiger partial charge in [-0.1, -0.05) is 19.1 Å². The zero-order chi connectivity index (χ0) is 12.4. The van der Waals surface area contributed by atoms with Gasteiger partial charge in [0.05, 0.1) is 0 Å². The van der Waals surface area contributed by atoms with Crippen molar-refractivity contribution in [3.63, 3.8) is 0 Å². The highest BCUT2D eigenvalue weighted by Gasteiger charge is 2.14.